The molecule has 10 heteroatoms. The number of nitrogens with two attached hydrogens (primary N) is 1. The number of benzene rings is 1. The minimum atomic E-state index is -1.45. The quantitative estimate of drug-likeness (QED) is 0.314. The second kappa shape index (κ2) is 11.6. The van der Waals surface area contributed by atoms with Gasteiger partial charge in [-0.05, 0) is 24.3 Å². The minimum Gasteiger partial charge on any atom is -0.480 e. The molecule has 0 spiro atoms. The van der Waals surface area contributed by atoms with E-state index >= 15 is 0 Å². The molecule has 6 N–H and O–H groups in total. The van der Waals surface area contributed by atoms with E-state index in [0.29, 0.717) is 19.4 Å². The summed E-state index contributed by atoms with van der Waals surface area (Å²) in [6.45, 7) is 3.14. The lowest BCUT2D eigenvalue weighted by Gasteiger charge is -2.30. The van der Waals surface area contributed by atoms with Crippen LogP contribution in [0.4, 0.5) is 0 Å². The van der Waals surface area contributed by atoms with E-state index < -0.39 is 54.5 Å². The molecule has 176 valence electrons. The van der Waals surface area contributed by atoms with Crippen molar-refractivity contribution >= 4 is 23.7 Å². The number of amides is 3. The molecule has 1 saturated heterocycles. The lowest BCUT2D eigenvalue weighted by atomic mass is 10.0. The number of carboxylic acid groups (broad SMARTS) is 1. The molecule has 10 nitrogen and oxygen atoms in total. The van der Waals surface area contributed by atoms with Crippen LogP contribution >= 0.6 is 0 Å². The van der Waals surface area contributed by atoms with E-state index in [1.165, 1.54) is 4.90 Å². The first-order valence-corrected chi connectivity index (χ1v) is 10.7. The molecule has 32 heavy (non-hydrogen) atoms. The van der Waals surface area contributed by atoms with Crippen molar-refractivity contribution in [3.63, 3.8) is 0 Å². The molecule has 0 aliphatic carbocycles. The first-order valence-electron chi connectivity index (χ1n) is 10.7. The molecule has 0 bridgehead atoms. The minimum absolute atomic E-state index is 0.126. The van der Waals surface area contributed by atoms with Gasteiger partial charge in [-0.1, -0.05) is 44.2 Å². The van der Waals surface area contributed by atoms with Crippen LogP contribution in [-0.4, -0.2) is 76.1 Å². The van der Waals surface area contributed by atoms with Crippen molar-refractivity contribution < 1.29 is 29.4 Å². The number of aliphatic carboxylic acids is 1. The summed E-state index contributed by atoms with van der Waals surface area (Å²) in [5, 5.41) is 23.2. The number of likely N-dealkylation sites (tertiary alicyclic amines) is 1. The predicted molar refractivity (Wildman–Crippen MR) is 116 cm³/mol. The molecule has 0 unspecified atom stereocenters. The second-order valence-corrected chi connectivity index (χ2v) is 8.29. The standard InChI is InChI=1S/C22H32N4O6/c1-13(2)18(23)20(29)24-15(11-14-7-4-3-5-8-14)21(30)26-10-6-9-17(26)19(28)25-16(12-27)22(31)32/h3-5,7-8,13,15-18,27H,6,9-12,23H2,1-2H3,(H,24,29)(H,25,28)(H,31,32)/t15-,16-,17-,18-/m0/s1. The number of carbonyl (C=O) groups excluding carboxylic acids is 3. The van der Waals surface area contributed by atoms with Gasteiger partial charge in [0.05, 0.1) is 12.6 Å². The van der Waals surface area contributed by atoms with Crippen molar-refractivity contribution in [1.82, 2.24) is 15.5 Å². The van der Waals surface area contributed by atoms with Crippen LogP contribution in [0.25, 0.3) is 0 Å². The van der Waals surface area contributed by atoms with Crippen LogP contribution in [0.5, 0.6) is 0 Å². The van der Waals surface area contributed by atoms with Gasteiger partial charge < -0.3 is 31.5 Å². The average molecular weight is 449 g/mol. The summed E-state index contributed by atoms with van der Waals surface area (Å²) >= 11 is 0. The van der Waals surface area contributed by atoms with Crippen LogP contribution in [0.3, 0.4) is 0 Å². The summed E-state index contributed by atoms with van der Waals surface area (Å²) < 4.78 is 0. The summed E-state index contributed by atoms with van der Waals surface area (Å²) in [7, 11) is 0. The zero-order chi connectivity index (χ0) is 23.8. The summed E-state index contributed by atoms with van der Waals surface area (Å²) in [4.78, 5) is 51.1. The van der Waals surface area contributed by atoms with E-state index in [9.17, 15) is 24.3 Å². The number of carboxylic acids is 1. The number of nitrogens with zero attached hydrogens (tertiary/aromatic N) is 1. The Balaban J connectivity index is 2.21. The van der Waals surface area contributed by atoms with Crippen molar-refractivity contribution in [3.8, 4) is 0 Å². The highest BCUT2D eigenvalue weighted by Gasteiger charge is 2.39. The van der Waals surface area contributed by atoms with E-state index in [4.69, 9.17) is 10.8 Å². The lowest BCUT2D eigenvalue weighted by molar-refractivity contribution is -0.145. The Morgan fingerprint density at radius 3 is 2.34 bits per heavy atom. The Bertz CT molecular complexity index is 816. The van der Waals surface area contributed by atoms with E-state index in [0.717, 1.165) is 5.56 Å². The highest BCUT2D eigenvalue weighted by atomic mass is 16.4. The fourth-order valence-corrected chi connectivity index (χ4v) is 3.58. The first-order chi connectivity index (χ1) is 15.1. The van der Waals surface area contributed by atoms with E-state index in [1.807, 2.05) is 30.3 Å². The second-order valence-electron chi connectivity index (χ2n) is 8.29. The number of hydrogen-bond donors (Lipinski definition) is 5. The van der Waals surface area contributed by atoms with Gasteiger partial charge in [0.15, 0.2) is 0 Å². The molecule has 1 aromatic rings. The molecule has 3 amide bonds. The fourth-order valence-electron chi connectivity index (χ4n) is 3.58. The van der Waals surface area contributed by atoms with Crippen LogP contribution in [0.2, 0.25) is 0 Å². The highest BCUT2D eigenvalue weighted by Crippen LogP contribution is 2.20. The van der Waals surface area contributed by atoms with Gasteiger partial charge in [-0.3, -0.25) is 14.4 Å². The average Bonchev–Trinajstić information content (AvgIpc) is 3.26. The number of rotatable bonds is 10. The van der Waals surface area contributed by atoms with Crippen molar-refractivity contribution in [1.29, 1.82) is 0 Å². The molecule has 0 saturated carbocycles. The number of carbonyl (C=O) groups is 4. The van der Waals surface area contributed by atoms with E-state index in [2.05, 4.69) is 10.6 Å². The zero-order valence-corrected chi connectivity index (χ0v) is 18.4. The van der Waals surface area contributed by atoms with Gasteiger partial charge in [-0.15, -0.1) is 0 Å². The fraction of sp³-hybridized carbons (Fsp3) is 0.545. The molecular formula is C22H32N4O6. The number of aliphatic hydroxyl groups excluding tert-OH is 1. The van der Waals surface area contributed by atoms with Gasteiger partial charge in [-0.25, -0.2) is 4.79 Å². The van der Waals surface area contributed by atoms with Gasteiger partial charge in [0.25, 0.3) is 0 Å². The van der Waals surface area contributed by atoms with E-state index in [1.54, 1.807) is 13.8 Å². The Hall–Kier alpha value is -2.98. The van der Waals surface area contributed by atoms with Crippen LogP contribution < -0.4 is 16.4 Å². The molecule has 0 radical (unpaired) electrons. The molecule has 1 aliphatic heterocycles. The molecule has 1 fully saturated rings. The van der Waals surface area contributed by atoms with Crippen LogP contribution in [0.15, 0.2) is 30.3 Å². The smallest absolute Gasteiger partial charge is 0.328 e. The van der Waals surface area contributed by atoms with Crippen LogP contribution in [-0.2, 0) is 25.6 Å². The van der Waals surface area contributed by atoms with Crippen molar-refractivity contribution in [3.05, 3.63) is 35.9 Å². The third kappa shape index (κ3) is 6.51. The number of aliphatic hydroxyl groups is 1. The summed E-state index contributed by atoms with van der Waals surface area (Å²) in [6.07, 6.45) is 1.13. The SMILES string of the molecule is CC(C)[C@H](N)C(=O)N[C@@H](Cc1ccccc1)C(=O)N1CCC[C@H]1C(=O)N[C@@H](CO)C(=O)O. The summed E-state index contributed by atoms with van der Waals surface area (Å²) in [5.74, 6) is -3.04. The normalized spacial score (nSPS) is 18.7. The maximum absolute atomic E-state index is 13.4. The maximum Gasteiger partial charge on any atom is 0.328 e. The maximum atomic E-state index is 13.4. The van der Waals surface area contributed by atoms with Crippen molar-refractivity contribution in [2.24, 2.45) is 11.7 Å². The third-order valence-electron chi connectivity index (χ3n) is 5.55. The molecule has 2 rings (SSSR count). The molecule has 0 aromatic heterocycles. The largest absolute Gasteiger partial charge is 0.480 e. The van der Waals surface area contributed by atoms with E-state index in [-0.39, 0.29) is 12.3 Å². The van der Waals surface area contributed by atoms with Crippen LogP contribution in [0, 0.1) is 5.92 Å². The van der Waals surface area contributed by atoms with Gasteiger partial charge in [0.2, 0.25) is 17.7 Å². The monoisotopic (exact) mass is 448 g/mol. The Morgan fingerprint density at radius 1 is 1.12 bits per heavy atom. The van der Waals surface area contributed by atoms with Gasteiger partial charge in [-0.2, -0.15) is 0 Å². The number of nitrogens with one attached hydrogen (secondary N) is 2. The zero-order valence-electron chi connectivity index (χ0n) is 18.4. The predicted octanol–water partition coefficient (Wildman–Crippen LogP) is -0.750. The Morgan fingerprint density at radius 2 is 1.78 bits per heavy atom. The molecule has 4 atom stereocenters. The lowest BCUT2D eigenvalue weighted by Crippen LogP contribution is -2.58. The number of hydrogen-bond acceptors (Lipinski definition) is 6. The van der Waals surface area contributed by atoms with Gasteiger partial charge >= 0.3 is 5.97 Å². The summed E-state index contributed by atoms with van der Waals surface area (Å²) in [6, 6.07) is 5.10. The van der Waals surface area contributed by atoms with Gasteiger partial charge in [0.1, 0.15) is 18.1 Å². The van der Waals surface area contributed by atoms with Crippen LogP contribution in [0.1, 0.15) is 32.3 Å². The molecule has 1 heterocycles. The molecular weight excluding hydrogens is 416 g/mol. The van der Waals surface area contributed by atoms with Crippen molar-refractivity contribution in [2.75, 3.05) is 13.2 Å². The van der Waals surface area contributed by atoms with Gasteiger partial charge in [0, 0.05) is 13.0 Å². The van der Waals surface area contributed by atoms with Crippen molar-refractivity contribution in [2.45, 2.75) is 57.3 Å². The highest BCUT2D eigenvalue weighted by molar-refractivity contribution is 5.94. The third-order valence-corrected chi connectivity index (χ3v) is 5.55. The topological polar surface area (TPSA) is 162 Å². The Kier molecular flexibility index (Phi) is 9.15. The summed E-state index contributed by atoms with van der Waals surface area (Å²) in [5.41, 5.74) is 6.78. The first kappa shape index (κ1) is 25.3. The molecule has 1 aliphatic rings. The molecule has 1 aromatic carbocycles. The Labute approximate surface area is 187 Å².